The van der Waals surface area contributed by atoms with Gasteiger partial charge in [0.2, 0.25) is 0 Å². The van der Waals surface area contributed by atoms with Gasteiger partial charge in [0.25, 0.3) is 0 Å². The van der Waals surface area contributed by atoms with Crippen LogP contribution < -0.4 is 5.32 Å². The third-order valence-corrected chi connectivity index (χ3v) is 4.53. The topological polar surface area (TPSA) is 12.0 Å². The Balaban J connectivity index is 2.08. The number of thioether (sulfide) groups is 1. The van der Waals surface area contributed by atoms with Crippen LogP contribution in [0.1, 0.15) is 46.0 Å². The molecule has 1 atom stereocenters. The molecule has 0 amide bonds. The SMILES string of the molecule is CCC1CCC(NCC(C)CSC)CC1. The van der Waals surface area contributed by atoms with Crippen LogP contribution in [-0.2, 0) is 0 Å². The standard InChI is InChI=1S/C13H27NS/c1-4-12-5-7-13(8-6-12)14-9-11(2)10-15-3/h11-14H,4-10H2,1-3H3. The van der Waals surface area contributed by atoms with E-state index in [1.165, 1.54) is 44.4 Å². The second-order valence-electron chi connectivity index (χ2n) is 5.09. The number of hydrogen-bond acceptors (Lipinski definition) is 2. The molecule has 0 aromatic heterocycles. The van der Waals surface area contributed by atoms with E-state index in [-0.39, 0.29) is 0 Å². The summed E-state index contributed by atoms with van der Waals surface area (Å²) in [7, 11) is 0. The molecule has 0 saturated heterocycles. The fourth-order valence-electron chi connectivity index (χ4n) is 2.49. The molecule has 0 aromatic carbocycles. The van der Waals surface area contributed by atoms with E-state index in [9.17, 15) is 0 Å². The van der Waals surface area contributed by atoms with Crippen LogP contribution in [0.5, 0.6) is 0 Å². The lowest BCUT2D eigenvalue weighted by molar-refractivity contribution is 0.281. The molecule has 1 rings (SSSR count). The minimum atomic E-state index is 0.817. The highest BCUT2D eigenvalue weighted by Gasteiger charge is 2.19. The van der Waals surface area contributed by atoms with Crippen LogP contribution in [0.3, 0.4) is 0 Å². The Kier molecular flexibility index (Phi) is 6.74. The van der Waals surface area contributed by atoms with Crippen molar-refractivity contribution >= 4 is 11.8 Å². The summed E-state index contributed by atoms with van der Waals surface area (Å²) in [5, 5.41) is 3.74. The predicted octanol–water partition coefficient (Wildman–Crippen LogP) is 3.54. The molecule has 90 valence electrons. The average Bonchev–Trinajstić information content (AvgIpc) is 2.27. The van der Waals surface area contributed by atoms with Gasteiger partial charge in [0.1, 0.15) is 0 Å². The van der Waals surface area contributed by atoms with Crippen LogP contribution in [0.15, 0.2) is 0 Å². The zero-order valence-electron chi connectivity index (χ0n) is 10.6. The van der Waals surface area contributed by atoms with Crippen LogP contribution in [0.2, 0.25) is 0 Å². The Hall–Kier alpha value is 0.310. The van der Waals surface area contributed by atoms with Gasteiger partial charge in [-0.05, 0) is 56.1 Å². The van der Waals surface area contributed by atoms with Crippen molar-refractivity contribution in [2.75, 3.05) is 18.6 Å². The van der Waals surface area contributed by atoms with Gasteiger partial charge in [-0.1, -0.05) is 20.3 Å². The molecular formula is C13H27NS. The van der Waals surface area contributed by atoms with E-state index in [0.29, 0.717) is 0 Å². The van der Waals surface area contributed by atoms with Crippen molar-refractivity contribution in [2.24, 2.45) is 11.8 Å². The molecule has 1 aliphatic carbocycles. The molecule has 0 spiro atoms. The Morgan fingerprint density at radius 1 is 1.27 bits per heavy atom. The molecule has 1 unspecified atom stereocenters. The highest BCUT2D eigenvalue weighted by atomic mass is 32.2. The van der Waals surface area contributed by atoms with E-state index in [1.54, 1.807) is 0 Å². The van der Waals surface area contributed by atoms with Crippen LogP contribution in [-0.4, -0.2) is 24.6 Å². The zero-order chi connectivity index (χ0) is 11.1. The quantitative estimate of drug-likeness (QED) is 0.747. The Morgan fingerprint density at radius 2 is 1.93 bits per heavy atom. The zero-order valence-corrected chi connectivity index (χ0v) is 11.4. The van der Waals surface area contributed by atoms with Gasteiger partial charge in [0, 0.05) is 6.04 Å². The highest BCUT2D eigenvalue weighted by molar-refractivity contribution is 7.98. The largest absolute Gasteiger partial charge is 0.314 e. The van der Waals surface area contributed by atoms with Crippen LogP contribution in [0.25, 0.3) is 0 Å². The minimum absolute atomic E-state index is 0.817. The molecule has 15 heavy (non-hydrogen) atoms. The van der Waals surface area contributed by atoms with E-state index in [4.69, 9.17) is 0 Å². The van der Waals surface area contributed by atoms with Crippen molar-refractivity contribution in [3.63, 3.8) is 0 Å². The first-order chi connectivity index (χ1) is 7.26. The molecule has 0 heterocycles. The molecule has 1 nitrogen and oxygen atoms in total. The maximum absolute atomic E-state index is 3.74. The fraction of sp³-hybridized carbons (Fsp3) is 1.00. The van der Waals surface area contributed by atoms with Gasteiger partial charge in [-0.3, -0.25) is 0 Å². The predicted molar refractivity (Wildman–Crippen MR) is 71.6 cm³/mol. The van der Waals surface area contributed by atoms with Crippen molar-refractivity contribution in [1.29, 1.82) is 0 Å². The molecule has 1 fully saturated rings. The first-order valence-corrected chi connectivity index (χ1v) is 7.88. The van der Waals surface area contributed by atoms with Crippen molar-refractivity contribution in [1.82, 2.24) is 5.32 Å². The Labute approximate surface area is 99.8 Å². The maximum Gasteiger partial charge on any atom is 0.00673 e. The molecule has 0 radical (unpaired) electrons. The molecule has 0 bridgehead atoms. The van der Waals surface area contributed by atoms with Gasteiger partial charge in [0.05, 0.1) is 0 Å². The summed E-state index contributed by atoms with van der Waals surface area (Å²) in [5.74, 6) is 3.13. The van der Waals surface area contributed by atoms with Crippen LogP contribution in [0.4, 0.5) is 0 Å². The summed E-state index contributed by atoms with van der Waals surface area (Å²) < 4.78 is 0. The van der Waals surface area contributed by atoms with E-state index in [1.807, 2.05) is 11.8 Å². The van der Waals surface area contributed by atoms with Crippen molar-refractivity contribution in [2.45, 2.75) is 52.0 Å². The van der Waals surface area contributed by atoms with Crippen LogP contribution >= 0.6 is 11.8 Å². The molecule has 1 N–H and O–H groups in total. The fourth-order valence-corrected chi connectivity index (χ4v) is 3.17. The molecule has 1 saturated carbocycles. The van der Waals surface area contributed by atoms with Gasteiger partial charge >= 0.3 is 0 Å². The lowest BCUT2D eigenvalue weighted by Gasteiger charge is -2.29. The Morgan fingerprint density at radius 3 is 2.47 bits per heavy atom. The minimum Gasteiger partial charge on any atom is -0.314 e. The smallest absolute Gasteiger partial charge is 0.00673 e. The van der Waals surface area contributed by atoms with Gasteiger partial charge in [0.15, 0.2) is 0 Å². The Bertz CT molecular complexity index is 153. The summed E-state index contributed by atoms with van der Waals surface area (Å²) in [6.45, 7) is 5.89. The summed E-state index contributed by atoms with van der Waals surface area (Å²) in [5.41, 5.74) is 0. The molecule has 0 aromatic rings. The molecule has 2 heteroatoms. The average molecular weight is 229 g/mol. The van der Waals surface area contributed by atoms with E-state index in [2.05, 4.69) is 25.4 Å². The maximum atomic E-state index is 3.74. The summed E-state index contributed by atoms with van der Waals surface area (Å²) in [4.78, 5) is 0. The monoisotopic (exact) mass is 229 g/mol. The van der Waals surface area contributed by atoms with Gasteiger partial charge in [-0.15, -0.1) is 0 Å². The van der Waals surface area contributed by atoms with E-state index in [0.717, 1.165) is 17.9 Å². The number of nitrogens with one attached hydrogen (secondary N) is 1. The molecule has 1 aliphatic rings. The normalized spacial score (nSPS) is 29.0. The lowest BCUT2D eigenvalue weighted by Crippen LogP contribution is -2.36. The number of rotatable bonds is 6. The number of hydrogen-bond donors (Lipinski definition) is 1. The summed E-state index contributed by atoms with van der Waals surface area (Å²) in [6.07, 6.45) is 9.30. The lowest BCUT2D eigenvalue weighted by atomic mass is 9.84. The second-order valence-corrected chi connectivity index (χ2v) is 6.01. The highest BCUT2D eigenvalue weighted by Crippen LogP contribution is 2.26. The van der Waals surface area contributed by atoms with Gasteiger partial charge in [-0.25, -0.2) is 0 Å². The second kappa shape index (κ2) is 7.56. The summed E-state index contributed by atoms with van der Waals surface area (Å²) >= 11 is 1.96. The third-order valence-electron chi connectivity index (χ3n) is 3.63. The summed E-state index contributed by atoms with van der Waals surface area (Å²) in [6, 6.07) is 0.817. The first kappa shape index (κ1) is 13.4. The van der Waals surface area contributed by atoms with Crippen LogP contribution in [0, 0.1) is 11.8 Å². The van der Waals surface area contributed by atoms with E-state index >= 15 is 0 Å². The van der Waals surface area contributed by atoms with Crippen molar-refractivity contribution in [3.05, 3.63) is 0 Å². The molecule has 0 aliphatic heterocycles. The van der Waals surface area contributed by atoms with E-state index < -0.39 is 0 Å². The first-order valence-electron chi connectivity index (χ1n) is 6.48. The molecular weight excluding hydrogens is 202 g/mol. The van der Waals surface area contributed by atoms with Crippen molar-refractivity contribution < 1.29 is 0 Å². The van der Waals surface area contributed by atoms with Crippen molar-refractivity contribution in [3.8, 4) is 0 Å². The van der Waals surface area contributed by atoms with Gasteiger partial charge < -0.3 is 5.32 Å². The van der Waals surface area contributed by atoms with Gasteiger partial charge in [-0.2, -0.15) is 11.8 Å². The third kappa shape index (κ3) is 5.26.